The van der Waals surface area contributed by atoms with Gasteiger partial charge in [0.25, 0.3) is 0 Å². The third-order valence-corrected chi connectivity index (χ3v) is 2.32. The minimum Gasteiger partial charge on any atom is -0.380 e. The van der Waals surface area contributed by atoms with E-state index in [1.54, 1.807) is 7.11 Å². The van der Waals surface area contributed by atoms with Gasteiger partial charge in [-0.15, -0.1) is 0 Å². The van der Waals surface area contributed by atoms with Crippen LogP contribution in [0.4, 0.5) is 0 Å². The van der Waals surface area contributed by atoms with Crippen LogP contribution in [0.25, 0.3) is 0 Å². The Morgan fingerprint density at radius 1 is 1.47 bits per heavy atom. The van der Waals surface area contributed by atoms with Crippen molar-refractivity contribution in [2.75, 3.05) is 26.7 Å². The Kier molecular flexibility index (Phi) is 7.34. The van der Waals surface area contributed by atoms with E-state index in [9.17, 15) is 4.79 Å². The second-order valence-corrected chi connectivity index (χ2v) is 4.12. The van der Waals surface area contributed by atoms with Crippen LogP contribution in [-0.4, -0.2) is 43.7 Å². The van der Waals surface area contributed by atoms with Crippen LogP contribution in [0.2, 0.25) is 0 Å². The van der Waals surface area contributed by atoms with Crippen LogP contribution < -0.4 is 5.73 Å². The normalized spacial score (nSPS) is 12.9. The Bertz CT molecular complexity index is 179. The van der Waals surface area contributed by atoms with Gasteiger partial charge < -0.3 is 15.4 Å². The molecular weight excluding hydrogens is 192 g/mol. The molecule has 0 rings (SSSR count). The molecule has 0 radical (unpaired) electrons. The fourth-order valence-electron chi connectivity index (χ4n) is 1.43. The standard InChI is InChI=1S/C11H24N2O2/c1-5-13(8-9(2)3)11(14)6-10(7-12)15-4/h9-10H,5-8,12H2,1-4H3. The van der Waals surface area contributed by atoms with Crippen LogP contribution in [0, 0.1) is 5.92 Å². The number of nitrogens with two attached hydrogens (primary N) is 1. The van der Waals surface area contributed by atoms with E-state index < -0.39 is 0 Å². The van der Waals surface area contributed by atoms with Crippen molar-refractivity contribution in [3.63, 3.8) is 0 Å². The molecule has 0 saturated heterocycles. The molecule has 0 spiro atoms. The maximum Gasteiger partial charge on any atom is 0.225 e. The molecule has 0 bridgehead atoms. The summed E-state index contributed by atoms with van der Waals surface area (Å²) in [6.07, 6.45) is 0.229. The largest absolute Gasteiger partial charge is 0.380 e. The number of carbonyl (C=O) groups excluding carboxylic acids is 1. The third kappa shape index (κ3) is 5.74. The summed E-state index contributed by atoms with van der Waals surface area (Å²) in [5.74, 6) is 0.622. The molecule has 1 atom stereocenters. The summed E-state index contributed by atoms with van der Waals surface area (Å²) in [6.45, 7) is 8.14. The minimum absolute atomic E-state index is 0.128. The quantitative estimate of drug-likeness (QED) is 0.686. The highest BCUT2D eigenvalue weighted by Crippen LogP contribution is 2.04. The lowest BCUT2D eigenvalue weighted by atomic mass is 10.1. The van der Waals surface area contributed by atoms with E-state index in [0.717, 1.165) is 13.1 Å². The number of carbonyl (C=O) groups is 1. The number of hydrogen-bond donors (Lipinski definition) is 1. The molecule has 90 valence electrons. The van der Waals surface area contributed by atoms with E-state index in [1.807, 2.05) is 11.8 Å². The number of rotatable bonds is 7. The first-order valence-electron chi connectivity index (χ1n) is 5.55. The highest BCUT2D eigenvalue weighted by molar-refractivity contribution is 5.76. The van der Waals surface area contributed by atoms with Gasteiger partial charge in [0, 0.05) is 26.7 Å². The predicted octanol–water partition coefficient (Wildman–Crippen LogP) is 0.855. The topological polar surface area (TPSA) is 55.6 Å². The number of amides is 1. The predicted molar refractivity (Wildman–Crippen MR) is 61.6 cm³/mol. The first-order chi connectivity index (χ1) is 7.04. The minimum atomic E-state index is -0.154. The molecular formula is C11H24N2O2. The van der Waals surface area contributed by atoms with E-state index in [1.165, 1.54) is 0 Å². The van der Waals surface area contributed by atoms with E-state index in [4.69, 9.17) is 10.5 Å². The van der Waals surface area contributed by atoms with Gasteiger partial charge in [-0.25, -0.2) is 0 Å². The zero-order chi connectivity index (χ0) is 11.8. The van der Waals surface area contributed by atoms with Crippen molar-refractivity contribution < 1.29 is 9.53 Å². The summed E-state index contributed by atoms with van der Waals surface area (Å²) < 4.78 is 5.10. The first-order valence-corrected chi connectivity index (χ1v) is 5.55. The highest BCUT2D eigenvalue weighted by Gasteiger charge is 2.17. The van der Waals surface area contributed by atoms with E-state index in [2.05, 4.69) is 13.8 Å². The molecule has 0 heterocycles. The van der Waals surface area contributed by atoms with Crippen LogP contribution >= 0.6 is 0 Å². The van der Waals surface area contributed by atoms with Gasteiger partial charge in [-0.3, -0.25) is 4.79 Å². The summed E-state index contributed by atoms with van der Waals surface area (Å²) in [5, 5.41) is 0. The Morgan fingerprint density at radius 3 is 2.40 bits per heavy atom. The van der Waals surface area contributed by atoms with Crippen LogP contribution in [-0.2, 0) is 9.53 Å². The molecule has 0 aliphatic carbocycles. The smallest absolute Gasteiger partial charge is 0.225 e. The molecule has 0 aliphatic rings. The number of nitrogens with zero attached hydrogens (tertiary/aromatic N) is 1. The van der Waals surface area contributed by atoms with Crippen molar-refractivity contribution in [2.45, 2.75) is 33.3 Å². The fourth-order valence-corrected chi connectivity index (χ4v) is 1.43. The molecule has 4 heteroatoms. The molecule has 0 fully saturated rings. The molecule has 1 unspecified atom stereocenters. The maximum absolute atomic E-state index is 11.8. The monoisotopic (exact) mass is 216 g/mol. The SMILES string of the molecule is CCN(CC(C)C)C(=O)CC(CN)OC. The van der Waals surface area contributed by atoms with Crippen molar-refractivity contribution in [1.82, 2.24) is 4.90 Å². The summed E-state index contributed by atoms with van der Waals surface area (Å²) in [5.41, 5.74) is 5.48. The van der Waals surface area contributed by atoms with Crippen molar-refractivity contribution >= 4 is 5.91 Å². The van der Waals surface area contributed by atoms with Gasteiger partial charge in [0.05, 0.1) is 12.5 Å². The molecule has 0 aromatic heterocycles. The van der Waals surface area contributed by atoms with Crippen molar-refractivity contribution in [3.8, 4) is 0 Å². The Balaban J connectivity index is 4.14. The first kappa shape index (κ1) is 14.4. The lowest BCUT2D eigenvalue weighted by molar-refractivity contribution is -0.133. The summed E-state index contributed by atoms with van der Waals surface area (Å²) in [4.78, 5) is 13.7. The number of methoxy groups -OCH3 is 1. The molecule has 15 heavy (non-hydrogen) atoms. The van der Waals surface area contributed by atoms with Crippen LogP contribution in [0.1, 0.15) is 27.2 Å². The van der Waals surface area contributed by atoms with Crippen molar-refractivity contribution in [1.29, 1.82) is 0 Å². The highest BCUT2D eigenvalue weighted by atomic mass is 16.5. The van der Waals surface area contributed by atoms with Crippen LogP contribution in [0.3, 0.4) is 0 Å². The zero-order valence-corrected chi connectivity index (χ0v) is 10.3. The molecule has 0 saturated carbocycles. The molecule has 0 aromatic rings. The van der Waals surface area contributed by atoms with Crippen molar-refractivity contribution in [3.05, 3.63) is 0 Å². The summed E-state index contributed by atoms with van der Waals surface area (Å²) in [7, 11) is 1.59. The average Bonchev–Trinajstić information content (AvgIpc) is 2.21. The Labute approximate surface area is 92.8 Å². The number of ether oxygens (including phenoxy) is 1. The molecule has 0 aromatic carbocycles. The van der Waals surface area contributed by atoms with Gasteiger partial charge >= 0.3 is 0 Å². The summed E-state index contributed by atoms with van der Waals surface area (Å²) in [6, 6.07) is 0. The molecule has 2 N–H and O–H groups in total. The van der Waals surface area contributed by atoms with E-state index in [-0.39, 0.29) is 12.0 Å². The van der Waals surface area contributed by atoms with Gasteiger partial charge in [-0.05, 0) is 12.8 Å². The van der Waals surface area contributed by atoms with Gasteiger partial charge in [-0.1, -0.05) is 13.8 Å². The fraction of sp³-hybridized carbons (Fsp3) is 0.909. The molecule has 4 nitrogen and oxygen atoms in total. The van der Waals surface area contributed by atoms with E-state index >= 15 is 0 Å². The maximum atomic E-state index is 11.8. The molecule has 0 aliphatic heterocycles. The zero-order valence-electron chi connectivity index (χ0n) is 10.3. The van der Waals surface area contributed by atoms with Crippen LogP contribution in [0.15, 0.2) is 0 Å². The lowest BCUT2D eigenvalue weighted by Crippen LogP contribution is -2.37. The van der Waals surface area contributed by atoms with Gasteiger partial charge in [0.1, 0.15) is 0 Å². The lowest BCUT2D eigenvalue weighted by Gasteiger charge is -2.24. The Morgan fingerprint density at radius 2 is 2.07 bits per heavy atom. The summed E-state index contributed by atoms with van der Waals surface area (Å²) >= 11 is 0. The van der Waals surface area contributed by atoms with Gasteiger partial charge in [0.15, 0.2) is 0 Å². The van der Waals surface area contributed by atoms with Crippen molar-refractivity contribution in [2.24, 2.45) is 11.7 Å². The average molecular weight is 216 g/mol. The van der Waals surface area contributed by atoms with Gasteiger partial charge in [0.2, 0.25) is 5.91 Å². The second kappa shape index (κ2) is 7.65. The van der Waals surface area contributed by atoms with E-state index in [0.29, 0.717) is 18.9 Å². The Hall–Kier alpha value is -0.610. The third-order valence-electron chi connectivity index (χ3n) is 2.32. The van der Waals surface area contributed by atoms with Crippen LogP contribution in [0.5, 0.6) is 0 Å². The number of hydrogen-bond acceptors (Lipinski definition) is 3. The molecule has 1 amide bonds. The second-order valence-electron chi connectivity index (χ2n) is 4.12. The van der Waals surface area contributed by atoms with Gasteiger partial charge in [-0.2, -0.15) is 0 Å².